The largest absolute Gasteiger partial charge is 0.399 e. The number of hydrogen-bond acceptors (Lipinski definition) is 2. The highest BCUT2D eigenvalue weighted by molar-refractivity contribution is 9.09. The summed E-state index contributed by atoms with van der Waals surface area (Å²) < 4.78 is 0. The van der Waals surface area contributed by atoms with E-state index in [1.165, 1.54) is 5.56 Å². The lowest BCUT2D eigenvalue weighted by atomic mass is 10.0. The zero-order valence-corrected chi connectivity index (χ0v) is 10.8. The summed E-state index contributed by atoms with van der Waals surface area (Å²) in [6, 6.07) is 8.35. The quantitative estimate of drug-likeness (QED) is 0.455. The fraction of sp³-hybridized carbons (Fsp3) is 0.417. The molecule has 15 heavy (non-hydrogen) atoms. The lowest BCUT2D eigenvalue weighted by Gasteiger charge is -2.05. The summed E-state index contributed by atoms with van der Waals surface area (Å²) in [6.07, 6.45) is 2.00. The van der Waals surface area contributed by atoms with Crippen LogP contribution in [0.3, 0.4) is 0 Å². The van der Waals surface area contributed by atoms with Gasteiger partial charge in [-0.15, -0.1) is 0 Å². The van der Waals surface area contributed by atoms with Gasteiger partial charge in [-0.3, -0.25) is 0 Å². The van der Waals surface area contributed by atoms with E-state index in [-0.39, 0.29) is 0 Å². The summed E-state index contributed by atoms with van der Waals surface area (Å²) in [5.41, 5.74) is 3.41. The number of nitrogens with zero attached hydrogens (tertiary/aromatic N) is 1. The SMILES string of the molecule is CON=C(CCCBr)c1ccc(C)cc1. The Bertz CT molecular complexity index is 319. The van der Waals surface area contributed by atoms with Crippen LogP contribution < -0.4 is 0 Å². The first kappa shape index (κ1) is 12.2. The van der Waals surface area contributed by atoms with Gasteiger partial charge in [0.25, 0.3) is 0 Å². The summed E-state index contributed by atoms with van der Waals surface area (Å²) in [7, 11) is 1.59. The van der Waals surface area contributed by atoms with Crippen molar-refractivity contribution >= 4 is 21.6 Å². The maximum Gasteiger partial charge on any atom is 0.106 e. The number of oxime groups is 1. The van der Waals surface area contributed by atoms with Gasteiger partial charge in [-0.1, -0.05) is 50.9 Å². The summed E-state index contributed by atoms with van der Waals surface area (Å²) >= 11 is 3.42. The van der Waals surface area contributed by atoms with Crippen molar-refractivity contribution < 1.29 is 4.84 Å². The molecule has 0 radical (unpaired) electrons. The monoisotopic (exact) mass is 269 g/mol. The zero-order valence-electron chi connectivity index (χ0n) is 9.16. The Balaban J connectivity index is 2.79. The predicted octanol–water partition coefficient (Wildman–Crippen LogP) is 3.52. The average molecular weight is 270 g/mol. The Hall–Kier alpha value is -0.830. The van der Waals surface area contributed by atoms with Gasteiger partial charge < -0.3 is 4.84 Å². The standard InChI is InChI=1S/C12H16BrNO/c1-10-5-7-11(8-6-10)12(14-15-2)4-3-9-13/h5-8H,3-4,9H2,1-2H3. The van der Waals surface area contributed by atoms with Crippen LogP contribution in [0.1, 0.15) is 24.0 Å². The second-order valence-electron chi connectivity index (χ2n) is 3.38. The van der Waals surface area contributed by atoms with Crippen LogP contribution in [-0.4, -0.2) is 18.2 Å². The molecule has 0 fully saturated rings. The van der Waals surface area contributed by atoms with Gasteiger partial charge in [-0.05, 0) is 25.3 Å². The van der Waals surface area contributed by atoms with Gasteiger partial charge in [0.1, 0.15) is 7.11 Å². The van der Waals surface area contributed by atoms with E-state index in [9.17, 15) is 0 Å². The van der Waals surface area contributed by atoms with Crippen molar-refractivity contribution in [3.05, 3.63) is 35.4 Å². The van der Waals surface area contributed by atoms with E-state index < -0.39 is 0 Å². The van der Waals surface area contributed by atoms with E-state index in [2.05, 4.69) is 52.3 Å². The predicted molar refractivity (Wildman–Crippen MR) is 67.8 cm³/mol. The molecular formula is C12H16BrNO. The Morgan fingerprint density at radius 1 is 1.33 bits per heavy atom. The summed E-state index contributed by atoms with van der Waals surface area (Å²) in [5.74, 6) is 0. The molecule has 0 aliphatic rings. The molecule has 0 saturated carbocycles. The first-order valence-electron chi connectivity index (χ1n) is 5.01. The van der Waals surface area contributed by atoms with Gasteiger partial charge in [0.2, 0.25) is 0 Å². The third-order valence-electron chi connectivity index (χ3n) is 2.13. The summed E-state index contributed by atoms with van der Waals surface area (Å²) in [6.45, 7) is 2.08. The van der Waals surface area contributed by atoms with Gasteiger partial charge in [-0.25, -0.2) is 0 Å². The van der Waals surface area contributed by atoms with E-state index in [0.717, 1.165) is 29.4 Å². The molecule has 0 atom stereocenters. The molecule has 0 bridgehead atoms. The first-order valence-corrected chi connectivity index (χ1v) is 6.13. The van der Waals surface area contributed by atoms with Crippen LogP contribution in [-0.2, 0) is 4.84 Å². The lowest BCUT2D eigenvalue weighted by molar-refractivity contribution is 0.213. The third-order valence-corrected chi connectivity index (χ3v) is 2.69. The number of hydrogen-bond donors (Lipinski definition) is 0. The number of alkyl halides is 1. The molecule has 2 nitrogen and oxygen atoms in total. The maximum absolute atomic E-state index is 4.86. The van der Waals surface area contributed by atoms with Crippen LogP contribution in [0.5, 0.6) is 0 Å². The smallest absolute Gasteiger partial charge is 0.106 e. The van der Waals surface area contributed by atoms with Gasteiger partial charge in [0.05, 0.1) is 5.71 Å². The second-order valence-corrected chi connectivity index (χ2v) is 4.17. The molecule has 0 spiro atoms. The van der Waals surface area contributed by atoms with Crippen molar-refractivity contribution in [3.63, 3.8) is 0 Å². The van der Waals surface area contributed by atoms with Gasteiger partial charge >= 0.3 is 0 Å². The topological polar surface area (TPSA) is 21.6 Å². The Kier molecular flexibility index (Phi) is 5.40. The van der Waals surface area contributed by atoms with Gasteiger partial charge in [-0.2, -0.15) is 0 Å². The molecule has 1 aromatic rings. The van der Waals surface area contributed by atoms with E-state index in [1.807, 2.05) is 0 Å². The van der Waals surface area contributed by atoms with E-state index in [1.54, 1.807) is 7.11 Å². The van der Waals surface area contributed by atoms with Crippen molar-refractivity contribution in [1.29, 1.82) is 0 Å². The highest BCUT2D eigenvalue weighted by Gasteiger charge is 2.03. The summed E-state index contributed by atoms with van der Waals surface area (Å²) in [5, 5.41) is 5.05. The van der Waals surface area contributed by atoms with Crippen LogP contribution >= 0.6 is 15.9 Å². The first-order chi connectivity index (χ1) is 7.27. The molecule has 0 aliphatic carbocycles. The molecule has 82 valence electrons. The molecular weight excluding hydrogens is 254 g/mol. The minimum absolute atomic E-state index is 0.933. The van der Waals surface area contributed by atoms with Gasteiger partial charge in [0, 0.05) is 5.33 Å². The van der Waals surface area contributed by atoms with Crippen molar-refractivity contribution in [2.75, 3.05) is 12.4 Å². The van der Waals surface area contributed by atoms with Crippen molar-refractivity contribution in [2.24, 2.45) is 5.16 Å². The fourth-order valence-corrected chi connectivity index (χ4v) is 1.61. The second kappa shape index (κ2) is 6.62. The number of aryl methyl sites for hydroxylation is 1. The molecule has 0 saturated heterocycles. The Labute approximate surface area is 99.5 Å². The molecule has 3 heteroatoms. The molecule has 0 amide bonds. The van der Waals surface area contributed by atoms with Crippen LogP contribution in [0.15, 0.2) is 29.4 Å². The Morgan fingerprint density at radius 2 is 2.00 bits per heavy atom. The van der Waals surface area contributed by atoms with E-state index in [0.29, 0.717) is 0 Å². The minimum atomic E-state index is 0.933. The van der Waals surface area contributed by atoms with Crippen LogP contribution in [0.25, 0.3) is 0 Å². The maximum atomic E-state index is 4.86. The molecule has 1 rings (SSSR count). The molecule has 0 aliphatic heterocycles. The van der Waals surface area contributed by atoms with Crippen molar-refractivity contribution in [2.45, 2.75) is 19.8 Å². The molecule has 0 heterocycles. The average Bonchev–Trinajstić information content (AvgIpc) is 2.25. The highest BCUT2D eigenvalue weighted by Crippen LogP contribution is 2.09. The number of halogens is 1. The van der Waals surface area contributed by atoms with E-state index >= 15 is 0 Å². The molecule has 0 N–H and O–H groups in total. The van der Waals surface area contributed by atoms with E-state index in [4.69, 9.17) is 4.84 Å². The normalized spacial score (nSPS) is 11.5. The van der Waals surface area contributed by atoms with Crippen molar-refractivity contribution in [1.82, 2.24) is 0 Å². The lowest BCUT2D eigenvalue weighted by Crippen LogP contribution is -2.02. The molecule has 0 aromatic heterocycles. The van der Waals surface area contributed by atoms with Gasteiger partial charge in [0.15, 0.2) is 0 Å². The van der Waals surface area contributed by atoms with Crippen LogP contribution in [0.4, 0.5) is 0 Å². The minimum Gasteiger partial charge on any atom is -0.399 e. The highest BCUT2D eigenvalue weighted by atomic mass is 79.9. The Morgan fingerprint density at radius 3 is 2.53 bits per heavy atom. The fourth-order valence-electron chi connectivity index (χ4n) is 1.33. The molecule has 0 unspecified atom stereocenters. The van der Waals surface area contributed by atoms with Crippen molar-refractivity contribution in [3.8, 4) is 0 Å². The van der Waals surface area contributed by atoms with Crippen LogP contribution in [0.2, 0.25) is 0 Å². The third kappa shape index (κ3) is 4.04. The number of benzene rings is 1. The number of rotatable bonds is 5. The van der Waals surface area contributed by atoms with Crippen LogP contribution in [0, 0.1) is 6.92 Å². The molecule has 1 aromatic carbocycles. The summed E-state index contributed by atoms with van der Waals surface area (Å²) in [4.78, 5) is 4.86. The zero-order chi connectivity index (χ0) is 11.1.